The van der Waals surface area contributed by atoms with Crippen LogP contribution in [-0.2, 0) is 10.9 Å². The van der Waals surface area contributed by atoms with Gasteiger partial charge in [0.2, 0.25) is 0 Å². The zero-order valence-corrected chi connectivity index (χ0v) is 10.00. The molecule has 0 saturated heterocycles. The van der Waals surface area contributed by atoms with E-state index in [1.807, 2.05) is 0 Å². The van der Waals surface area contributed by atoms with Gasteiger partial charge in [-0.15, -0.1) is 0 Å². The molecule has 0 aliphatic rings. The average molecular weight is 263 g/mol. The van der Waals surface area contributed by atoms with Crippen molar-refractivity contribution in [2.45, 2.75) is 18.6 Å². The van der Waals surface area contributed by atoms with Crippen molar-refractivity contribution in [1.82, 2.24) is 0 Å². The number of rotatable bonds is 6. The maximum Gasteiger partial charge on any atom is 0.416 e. The highest BCUT2D eigenvalue weighted by Gasteiger charge is 2.29. The molecule has 1 aromatic rings. The van der Waals surface area contributed by atoms with Crippen molar-refractivity contribution in [1.29, 1.82) is 0 Å². The summed E-state index contributed by atoms with van der Waals surface area (Å²) < 4.78 is 42.0. The summed E-state index contributed by atoms with van der Waals surface area (Å²) >= 11 is 0. The van der Waals surface area contributed by atoms with Crippen molar-refractivity contribution >= 4 is 5.69 Å². The Hall–Kier alpha value is -1.27. The number of benzene rings is 1. The van der Waals surface area contributed by atoms with Gasteiger partial charge in [0.15, 0.2) is 0 Å². The number of methoxy groups -OCH3 is 1. The normalized spacial score (nSPS) is 13.4. The van der Waals surface area contributed by atoms with E-state index < -0.39 is 11.7 Å². The van der Waals surface area contributed by atoms with Crippen LogP contribution in [0.4, 0.5) is 18.9 Å². The molecule has 1 aromatic carbocycles. The SMILES string of the molecule is COCC(CCO)Nc1ccc(C(F)(F)F)cc1. The third-order valence-corrected chi connectivity index (χ3v) is 2.43. The molecule has 0 aliphatic heterocycles. The molecule has 0 bridgehead atoms. The van der Waals surface area contributed by atoms with Crippen LogP contribution in [0.5, 0.6) is 0 Å². The fourth-order valence-electron chi connectivity index (χ4n) is 1.55. The number of aliphatic hydroxyl groups excluding tert-OH is 1. The van der Waals surface area contributed by atoms with Gasteiger partial charge in [-0.05, 0) is 30.7 Å². The second-order valence-electron chi connectivity index (χ2n) is 3.88. The number of aliphatic hydroxyl groups is 1. The first-order valence-corrected chi connectivity index (χ1v) is 5.51. The van der Waals surface area contributed by atoms with E-state index in [4.69, 9.17) is 9.84 Å². The molecule has 0 saturated carbocycles. The van der Waals surface area contributed by atoms with E-state index >= 15 is 0 Å². The fourth-order valence-corrected chi connectivity index (χ4v) is 1.55. The quantitative estimate of drug-likeness (QED) is 0.828. The Morgan fingerprint density at radius 2 is 1.89 bits per heavy atom. The zero-order chi connectivity index (χ0) is 13.6. The van der Waals surface area contributed by atoms with Gasteiger partial charge in [0.1, 0.15) is 0 Å². The molecule has 0 spiro atoms. The number of ether oxygens (including phenoxy) is 1. The molecule has 0 aliphatic carbocycles. The Balaban J connectivity index is 2.67. The molecule has 1 unspecified atom stereocenters. The smallest absolute Gasteiger partial charge is 0.396 e. The van der Waals surface area contributed by atoms with Crippen molar-refractivity contribution in [3.05, 3.63) is 29.8 Å². The maximum absolute atomic E-state index is 12.4. The lowest BCUT2D eigenvalue weighted by Gasteiger charge is -2.18. The highest BCUT2D eigenvalue weighted by Crippen LogP contribution is 2.29. The van der Waals surface area contributed by atoms with Crippen LogP contribution in [0.25, 0.3) is 0 Å². The van der Waals surface area contributed by atoms with Crippen molar-refractivity contribution in [2.75, 3.05) is 25.6 Å². The van der Waals surface area contributed by atoms with E-state index in [2.05, 4.69) is 5.32 Å². The summed E-state index contributed by atoms with van der Waals surface area (Å²) in [5.41, 5.74) is -0.114. The van der Waals surface area contributed by atoms with Gasteiger partial charge >= 0.3 is 6.18 Å². The van der Waals surface area contributed by atoms with Gasteiger partial charge in [-0.25, -0.2) is 0 Å². The summed E-state index contributed by atoms with van der Waals surface area (Å²) in [7, 11) is 1.53. The van der Waals surface area contributed by atoms with Crippen LogP contribution < -0.4 is 5.32 Å². The van der Waals surface area contributed by atoms with E-state index in [9.17, 15) is 13.2 Å². The number of hydrogen-bond donors (Lipinski definition) is 2. The molecule has 0 aromatic heterocycles. The molecule has 18 heavy (non-hydrogen) atoms. The van der Waals surface area contributed by atoms with Gasteiger partial charge < -0.3 is 15.2 Å². The largest absolute Gasteiger partial charge is 0.416 e. The van der Waals surface area contributed by atoms with Crippen LogP contribution in [0.15, 0.2) is 24.3 Å². The fraction of sp³-hybridized carbons (Fsp3) is 0.500. The van der Waals surface area contributed by atoms with Gasteiger partial charge in [0.25, 0.3) is 0 Å². The third kappa shape index (κ3) is 4.54. The molecule has 3 nitrogen and oxygen atoms in total. The van der Waals surface area contributed by atoms with Crippen LogP contribution in [0.2, 0.25) is 0 Å². The number of hydrogen-bond acceptors (Lipinski definition) is 3. The van der Waals surface area contributed by atoms with Gasteiger partial charge in [0.05, 0.1) is 18.2 Å². The summed E-state index contributed by atoms with van der Waals surface area (Å²) in [5, 5.41) is 11.9. The van der Waals surface area contributed by atoms with E-state index in [0.717, 1.165) is 12.1 Å². The molecular formula is C12H16F3NO2. The van der Waals surface area contributed by atoms with Crippen molar-refractivity contribution in [3.8, 4) is 0 Å². The Morgan fingerprint density at radius 3 is 2.33 bits per heavy atom. The first-order chi connectivity index (χ1) is 8.47. The Morgan fingerprint density at radius 1 is 1.28 bits per heavy atom. The molecule has 102 valence electrons. The monoisotopic (exact) mass is 263 g/mol. The lowest BCUT2D eigenvalue weighted by molar-refractivity contribution is -0.137. The lowest BCUT2D eigenvalue weighted by atomic mass is 10.1. The van der Waals surface area contributed by atoms with E-state index in [0.29, 0.717) is 18.7 Å². The number of nitrogens with one attached hydrogen (secondary N) is 1. The minimum absolute atomic E-state index is 0.0122. The summed E-state index contributed by atoms with van der Waals surface area (Å²) in [5.74, 6) is 0. The van der Waals surface area contributed by atoms with Crippen molar-refractivity contribution < 1.29 is 23.0 Å². The summed E-state index contributed by atoms with van der Waals surface area (Å²) in [4.78, 5) is 0. The first kappa shape index (κ1) is 14.8. The Labute approximate surface area is 104 Å². The molecule has 0 amide bonds. The van der Waals surface area contributed by atoms with Crippen LogP contribution in [-0.4, -0.2) is 31.5 Å². The molecule has 0 fully saturated rings. The first-order valence-electron chi connectivity index (χ1n) is 5.51. The van der Waals surface area contributed by atoms with Crippen LogP contribution in [0, 0.1) is 0 Å². The summed E-state index contributed by atoms with van der Waals surface area (Å²) in [6.45, 7) is 0.364. The van der Waals surface area contributed by atoms with Crippen LogP contribution in [0.1, 0.15) is 12.0 Å². The molecule has 1 atom stereocenters. The molecule has 0 radical (unpaired) electrons. The third-order valence-electron chi connectivity index (χ3n) is 2.43. The highest BCUT2D eigenvalue weighted by atomic mass is 19.4. The van der Waals surface area contributed by atoms with Crippen molar-refractivity contribution in [2.24, 2.45) is 0 Å². The molecule has 2 N–H and O–H groups in total. The molecular weight excluding hydrogens is 247 g/mol. The maximum atomic E-state index is 12.4. The average Bonchev–Trinajstić information content (AvgIpc) is 2.29. The zero-order valence-electron chi connectivity index (χ0n) is 10.00. The van der Waals surface area contributed by atoms with E-state index in [1.54, 1.807) is 0 Å². The predicted molar refractivity (Wildman–Crippen MR) is 62.4 cm³/mol. The summed E-state index contributed by atoms with van der Waals surface area (Å²) in [6.07, 6.45) is -3.86. The van der Waals surface area contributed by atoms with E-state index in [-0.39, 0.29) is 12.6 Å². The Bertz CT molecular complexity index is 345. The molecule has 0 heterocycles. The van der Waals surface area contributed by atoms with Gasteiger partial charge in [-0.3, -0.25) is 0 Å². The van der Waals surface area contributed by atoms with Crippen molar-refractivity contribution in [3.63, 3.8) is 0 Å². The van der Waals surface area contributed by atoms with Gasteiger partial charge in [0, 0.05) is 19.4 Å². The minimum atomic E-state index is -4.32. The number of halogens is 3. The minimum Gasteiger partial charge on any atom is -0.396 e. The molecule has 1 rings (SSSR count). The standard InChI is InChI=1S/C12H16F3NO2/c1-18-8-11(6-7-17)16-10-4-2-9(3-5-10)12(13,14)15/h2-5,11,16-17H,6-8H2,1H3. The van der Waals surface area contributed by atoms with Gasteiger partial charge in [-0.2, -0.15) is 13.2 Å². The molecule has 6 heteroatoms. The van der Waals surface area contributed by atoms with Gasteiger partial charge in [-0.1, -0.05) is 0 Å². The highest BCUT2D eigenvalue weighted by molar-refractivity contribution is 5.46. The Kier molecular flexibility index (Phi) is 5.43. The second kappa shape index (κ2) is 6.61. The predicted octanol–water partition coefficient (Wildman–Crippen LogP) is 2.51. The number of alkyl halides is 3. The van der Waals surface area contributed by atoms with Crippen LogP contribution >= 0.6 is 0 Å². The topological polar surface area (TPSA) is 41.5 Å². The number of anilines is 1. The van der Waals surface area contributed by atoms with E-state index in [1.165, 1.54) is 19.2 Å². The lowest BCUT2D eigenvalue weighted by Crippen LogP contribution is -2.26. The summed E-state index contributed by atoms with van der Waals surface area (Å²) in [6, 6.07) is 4.64. The second-order valence-corrected chi connectivity index (χ2v) is 3.88. The van der Waals surface area contributed by atoms with Crippen LogP contribution in [0.3, 0.4) is 0 Å².